The first-order valence-corrected chi connectivity index (χ1v) is 6.96. The standard InChI is InChI=1S/C14H20F3N3O/c1-9-7-20(10(2)5-18-9)13(8-21)12-4-3-11(6-19-12)14(15,16)17/h3-4,6,9-10,13,18,21H,5,7-8H2,1-2H3/t9-,10+,13?/m0/s1. The van der Waals surface area contributed by atoms with Gasteiger partial charge in [-0.2, -0.15) is 13.2 Å². The van der Waals surface area contributed by atoms with E-state index < -0.39 is 11.7 Å². The predicted molar refractivity (Wildman–Crippen MR) is 72.7 cm³/mol. The van der Waals surface area contributed by atoms with Crippen LogP contribution < -0.4 is 5.32 Å². The number of rotatable bonds is 3. The van der Waals surface area contributed by atoms with Crippen molar-refractivity contribution >= 4 is 0 Å². The van der Waals surface area contributed by atoms with Crippen LogP contribution in [0, 0.1) is 0 Å². The minimum absolute atomic E-state index is 0.171. The summed E-state index contributed by atoms with van der Waals surface area (Å²) >= 11 is 0. The quantitative estimate of drug-likeness (QED) is 0.894. The molecule has 118 valence electrons. The lowest BCUT2D eigenvalue weighted by molar-refractivity contribution is -0.137. The fourth-order valence-electron chi connectivity index (χ4n) is 2.62. The number of aromatic nitrogens is 1. The highest BCUT2D eigenvalue weighted by Crippen LogP contribution is 2.30. The third-order valence-electron chi connectivity index (χ3n) is 3.84. The molecule has 2 N–H and O–H groups in total. The Morgan fingerprint density at radius 2 is 2.14 bits per heavy atom. The van der Waals surface area contributed by atoms with Gasteiger partial charge in [-0.25, -0.2) is 0 Å². The number of pyridine rings is 1. The second-order valence-electron chi connectivity index (χ2n) is 5.52. The summed E-state index contributed by atoms with van der Waals surface area (Å²) in [5.74, 6) is 0. The van der Waals surface area contributed by atoms with Crippen molar-refractivity contribution in [2.45, 2.75) is 38.1 Å². The van der Waals surface area contributed by atoms with Crippen LogP contribution in [0.4, 0.5) is 13.2 Å². The maximum absolute atomic E-state index is 12.6. The number of hydrogen-bond acceptors (Lipinski definition) is 4. The summed E-state index contributed by atoms with van der Waals surface area (Å²) in [6.07, 6.45) is -3.56. The topological polar surface area (TPSA) is 48.4 Å². The smallest absolute Gasteiger partial charge is 0.394 e. The van der Waals surface area contributed by atoms with Crippen LogP contribution >= 0.6 is 0 Å². The van der Waals surface area contributed by atoms with Gasteiger partial charge >= 0.3 is 6.18 Å². The Labute approximate surface area is 122 Å². The molecule has 1 aromatic heterocycles. The molecule has 2 rings (SSSR count). The van der Waals surface area contributed by atoms with Crippen molar-refractivity contribution in [2.24, 2.45) is 0 Å². The molecule has 1 aromatic rings. The largest absolute Gasteiger partial charge is 0.417 e. The van der Waals surface area contributed by atoms with E-state index in [0.717, 1.165) is 25.4 Å². The third-order valence-corrected chi connectivity index (χ3v) is 3.84. The summed E-state index contributed by atoms with van der Waals surface area (Å²) in [7, 11) is 0. The SMILES string of the molecule is C[C@@H]1CN[C@@H](C)CN1C(CO)c1ccc(C(F)(F)F)cn1. The van der Waals surface area contributed by atoms with Gasteiger partial charge in [0.2, 0.25) is 0 Å². The zero-order valence-electron chi connectivity index (χ0n) is 12.1. The first-order chi connectivity index (χ1) is 9.82. The highest BCUT2D eigenvalue weighted by atomic mass is 19.4. The number of hydrogen-bond donors (Lipinski definition) is 2. The van der Waals surface area contributed by atoms with Crippen LogP contribution in [0.25, 0.3) is 0 Å². The lowest BCUT2D eigenvalue weighted by Gasteiger charge is -2.41. The van der Waals surface area contributed by atoms with Gasteiger partial charge in [0.25, 0.3) is 0 Å². The Hall–Kier alpha value is -1.18. The molecule has 21 heavy (non-hydrogen) atoms. The summed E-state index contributed by atoms with van der Waals surface area (Å²) in [5.41, 5.74) is -0.309. The second kappa shape index (κ2) is 6.29. The molecule has 1 unspecified atom stereocenters. The van der Waals surface area contributed by atoms with Crippen molar-refractivity contribution in [3.63, 3.8) is 0 Å². The van der Waals surface area contributed by atoms with Gasteiger partial charge in [-0.15, -0.1) is 0 Å². The van der Waals surface area contributed by atoms with Crippen molar-refractivity contribution in [2.75, 3.05) is 19.7 Å². The van der Waals surface area contributed by atoms with E-state index >= 15 is 0 Å². The molecule has 1 aliphatic heterocycles. The first-order valence-electron chi connectivity index (χ1n) is 6.96. The molecule has 0 aliphatic carbocycles. The highest BCUT2D eigenvalue weighted by Gasteiger charge is 2.33. The minimum Gasteiger partial charge on any atom is -0.394 e. The van der Waals surface area contributed by atoms with Gasteiger partial charge in [-0.05, 0) is 26.0 Å². The lowest BCUT2D eigenvalue weighted by atomic mass is 10.0. The molecule has 0 saturated carbocycles. The summed E-state index contributed by atoms with van der Waals surface area (Å²) in [6, 6.07) is 2.43. The molecule has 0 bridgehead atoms. The van der Waals surface area contributed by atoms with Crippen LogP contribution in [0.2, 0.25) is 0 Å². The minimum atomic E-state index is -4.39. The Morgan fingerprint density at radius 1 is 1.43 bits per heavy atom. The average molecular weight is 303 g/mol. The van der Waals surface area contributed by atoms with E-state index in [-0.39, 0.29) is 24.7 Å². The molecule has 7 heteroatoms. The van der Waals surface area contributed by atoms with E-state index in [2.05, 4.69) is 15.2 Å². The van der Waals surface area contributed by atoms with Gasteiger partial charge in [0.15, 0.2) is 0 Å². The first kappa shape index (κ1) is 16.2. The molecular formula is C14H20F3N3O. The molecule has 2 heterocycles. The number of aliphatic hydroxyl groups is 1. The summed E-state index contributed by atoms with van der Waals surface area (Å²) in [4.78, 5) is 5.99. The Bertz CT molecular complexity index is 464. The van der Waals surface area contributed by atoms with Gasteiger partial charge < -0.3 is 10.4 Å². The number of alkyl halides is 3. The van der Waals surface area contributed by atoms with E-state index in [4.69, 9.17) is 0 Å². The van der Waals surface area contributed by atoms with Crippen LogP contribution in [0.15, 0.2) is 18.3 Å². The molecule has 1 saturated heterocycles. The van der Waals surface area contributed by atoms with Gasteiger partial charge in [-0.1, -0.05) is 0 Å². The van der Waals surface area contributed by atoms with Gasteiger partial charge in [0, 0.05) is 31.4 Å². The van der Waals surface area contributed by atoms with E-state index in [1.54, 1.807) is 0 Å². The molecule has 0 spiro atoms. The molecule has 1 aliphatic rings. The highest BCUT2D eigenvalue weighted by molar-refractivity contribution is 5.19. The molecule has 4 nitrogen and oxygen atoms in total. The van der Waals surface area contributed by atoms with Crippen LogP contribution in [0.1, 0.15) is 31.1 Å². The van der Waals surface area contributed by atoms with Gasteiger partial charge in [0.1, 0.15) is 0 Å². The van der Waals surface area contributed by atoms with Gasteiger partial charge in [-0.3, -0.25) is 9.88 Å². The fraction of sp³-hybridized carbons (Fsp3) is 0.643. The number of aliphatic hydroxyl groups excluding tert-OH is 1. The monoisotopic (exact) mass is 303 g/mol. The van der Waals surface area contributed by atoms with Crippen molar-refractivity contribution in [3.05, 3.63) is 29.6 Å². The lowest BCUT2D eigenvalue weighted by Crippen LogP contribution is -2.55. The average Bonchev–Trinajstić information content (AvgIpc) is 2.43. The number of nitrogens with zero attached hydrogens (tertiary/aromatic N) is 2. The van der Waals surface area contributed by atoms with Gasteiger partial charge in [0.05, 0.1) is 23.9 Å². The number of nitrogens with one attached hydrogen (secondary N) is 1. The maximum atomic E-state index is 12.6. The summed E-state index contributed by atoms with van der Waals surface area (Å²) in [5, 5.41) is 13.0. The maximum Gasteiger partial charge on any atom is 0.417 e. The van der Waals surface area contributed by atoms with Crippen molar-refractivity contribution in [1.29, 1.82) is 0 Å². The molecular weight excluding hydrogens is 283 g/mol. The van der Waals surface area contributed by atoms with Crippen LogP contribution in [-0.4, -0.2) is 46.8 Å². The Kier molecular flexibility index (Phi) is 4.85. The Balaban J connectivity index is 2.20. The molecule has 0 radical (unpaired) electrons. The molecule has 0 amide bonds. The van der Waals surface area contributed by atoms with Crippen molar-refractivity contribution in [3.8, 4) is 0 Å². The second-order valence-corrected chi connectivity index (χ2v) is 5.52. The van der Waals surface area contributed by atoms with E-state index in [1.165, 1.54) is 6.07 Å². The van der Waals surface area contributed by atoms with Crippen molar-refractivity contribution < 1.29 is 18.3 Å². The predicted octanol–water partition coefficient (Wildman–Crippen LogP) is 1.82. The van der Waals surface area contributed by atoms with Crippen LogP contribution in [-0.2, 0) is 6.18 Å². The molecule has 0 aromatic carbocycles. The van der Waals surface area contributed by atoms with Crippen LogP contribution in [0.3, 0.4) is 0 Å². The Morgan fingerprint density at radius 3 is 2.67 bits per heavy atom. The summed E-state index contributed by atoms with van der Waals surface area (Å²) in [6.45, 7) is 5.38. The number of halogens is 3. The summed E-state index contributed by atoms with van der Waals surface area (Å²) < 4.78 is 37.7. The third kappa shape index (κ3) is 3.72. The zero-order valence-corrected chi connectivity index (χ0v) is 12.1. The van der Waals surface area contributed by atoms with E-state index in [1.807, 2.05) is 13.8 Å². The van der Waals surface area contributed by atoms with Crippen molar-refractivity contribution in [1.82, 2.24) is 15.2 Å². The molecule has 3 atom stereocenters. The van der Waals surface area contributed by atoms with E-state index in [0.29, 0.717) is 5.69 Å². The fourth-order valence-corrected chi connectivity index (χ4v) is 2.62. The normalized spacial score (nSPS) is 25.8. The zero-order chi connectivity index (χ0) is 15.6. The van der Waals surface area contributed by atoms with E-state index in [9.17, 15) is 18.3 Å². The molecule has 1 fully saturated rings. The van der Waals surface area contributed by atoms with Crippen LogP contribution in [0.5, 0.6) is 0 Å². The number of piperazine rings is 1.